The largest absolute Gasteiger partial charge is 0.326 e. The number of hydrogen-bond donors (Lipinski definition) is 2. The molecule has 0 spiro atoms. The van der Waals surface area contributed by atoms with Crippen LogP contribution in [-0.2, 0) is 13.0 Å². The molecule has 1 aromatic carbocycles. The molecule has 1 aromatic heterocycles. The summed E-state index contributed by atoms with van der Waals surface area (Å²) < 4.78 is 1.56. The van der Waals surface area contributed by atoms with Gasteiger partial charge in [-0.05, 0) is 25.5 Å². The van der Waals surface area contributed by atoms with E-state index in [1.165, 1.54) is 5.56 Å². The van der Waals surface area contributed by atoms with Gasteiger partial charge in [-0.15, -0.1) is 0 Å². The molecule has 0 fully saturated rings. The Balaban J connectivity index is 2.56. The highest BCUT2D eigenvalue weighted by atomic mass is 16.1. The normalized spacial score (nSPS) is 10.8. The third-order valence-electron chi connectivity index (χ3n) is 2.92. The molecule has 2 aromatic rings. The van der Waals surface area contributed by atoms with Gasteiger partial charge in [0.25, 0.3) is 5.56 Å². The average molecular weight is 231 g/mol. The Morgan fingerprint density at radius 3 is 2.41 bits per heavy atom. The zero-order valence-electron chi connectivity index (χ0n) is 10.2. The lowest BCUT2D eigenvalue weighted by Crippen LogP contribution is -2.19. The zero-order valence-corrected chi connectivity index (χ0v) is 10.2. The number of benzene rings is 1. The van der Waals surface area contributed by atoms with Gasteiger partial charge in [0.2, 0.25) is 0 Å². The highest BCUT2D eigenvalue weighted by Gasteiger charge is 2.11. The molecule has 90 valence electrons. The molecule has 0 aliphatic heterocycles. The summed E-state index contributed by atoms with van der Waals surface area (Å²) in [4.78, 5) is 12.1. The van der Waals surface area contributed by atoms with E-state index in [9.17, 15) is 4.79 Å². The molecule has 0 radical (unpaired) electrons. The number of nitrogens with zero attached hydrogens (tertiary/aromatic N) is 1. The lowest BCUT2D eigenvalue weighted by atomic mass is 10.2. The second kappa shape index (κ2) is 4.59. The first-order valence-electron chi connectivity index (χ1n) is 5.77. The number of aromatic amines is 1. The van der Waals surface area contributed by atoms with E-state index in [4.69, 9.17) is 5.73 Å². The Bertz CT molecular complexity index is 563. The average Bonchev–Trinajstić information content (AvgIpc) is 2.66. The van der Waals surface area contributed by atoms with E-state index in [2.05, 4.69) is 5.10 Å². The number of aromatic nitrogens is 2. The summed E-state index contributed by atoms with van der Waals surface area (Å²) in [6.45, 7) is 4.30. The molecule has 4 nitrogen and oxygen atoms in total. The van der Waals surface area contributed by atoms with Crippen LogP contribution in [0.5, 0.6) is 0 Å². The molecule has 0 aliphatic carbocycles. The van der Waals surface area contributed by atoms with Crippen molar-refractivity contribution < 1.29 is 0 Å². The molecule has 3 N–H and O–H groups in total. The van der Waals surface area contributed by atoms with Crippen LogP contribution in [0.1, 0.15) is 23.7 Å². The Kier molecular flexibility index (Phi) is 3.15. The maximum Gasteiger partial charge on any atom is 0.275 e. The molecule has 2 rings (SSSR count). The summed E-state index contributed by atoms with van der Waals surface area (Å²) in [6, 6.07) is 7.81. The van der Waals surface area contributed by atoms with Crippen LogP contribution >= 0.6 is 0 Å². The topological polar surface area (TPSA) is 63.8 Å². The van der Waals surface area contributed by atoms with Crippen molar-refractivity contribution in [1.29, 1.82) is 0 Å². The first-order chi connectivity index (χ1) is 8.17. The van der Waals surface area contributed by atoms with Crippen LogP contribution in [0.3, 0.4) is 0 Å². The number of nitrogens with one attached hydrogen (secondary N) is 1. The smallest absolute Gasteiger partial charge is 0.275 e. The fourth-order valence-electron chi connectivity index (χ4n) is 1.90. The maximum atomic E-state index is 12.1. The molecular weight excluding hydrogens is 214 g/mol. The summed E-state index contributed by atoms with van der Waals surface area (Å²) in [7, 11) is 0. The van der Waals surface area contributed by atoms with E-state index < -0.39 is 0 Å². The highest BCUT2D eigenvalue weighted by Crippen LogP contribution is 2.09. The Morgan fingerprint density at radius 2 is 1.94 bits per heavy atom. The third kappa shape index (κ3) is 2.03. The SMILES string of the molecule is CCc1[nH]n(-c2ccc(C)cc2)c(=O)c1CN. The summed E-state index contributed by atoms with van der Waals surface area (Å²) in [5.41, 5.74) is 9.16. The van der Waals surface area contributed by atoms with Crippen LogP contribution in [-0.4, -0.2) is 9.78 Å². The Morgan fingerprint density at radius 1 is 1.29 bits per heavy atom. The van der Waals surface area contributed by atoms with Gasteiger partial charge in [0.05, 0.1) is 11.3 Å². The Hall–Kier alpha value is -1.81. The lowest BCUT2D eigenvalue weighted by molar-refractivity contribution is 0.819. The van der Waals surface area contributed by atoms with E-state index in [1.807, 2.05) is 38.1 Å². The number of aryl methyl sites for hydroxylation is 2. The minimum Gasteiger partial charge on any atom is -0.326 e. The van der Waals surface area contributed by atoms with E-state index in [1.54, 1.807) is 4.68 Å². The molecule has 0 bridgehead atoms. The molecule has 1 heterocycles. The van der Waals surface area contributed by atoms with Crippen molar-refractivity contribution in [2.75, 3.05) is 0 Å². The van der Waals surface area contributed by atoms with Crippen molar-refractivity contribution >= 4 is 0 Å². The van der Waals surface area contributed by atoms with E-state index in [0.29, 0.717) is 5.56 Å². The van der Waals surface area contributed by atoms with Gasteiger partial charge in [0.15, 0.2) is 0 Å². The fraction of sp³-hybridized carbons (Fsp3) is 0.308. The van der Waals surface area contributed by atoms with E-state index in [0.717, 1.165) is 17.8 Å². The van der Waals surface area contributed by atoms with E-state index >= 15 is 0 Å². The molecule has 0 atom stereocenters. The Labute approximate surface area is 100 Å². The minimum atomic E-state index is -0.0480. The number of H-pyrrole nitrogens is 1. The summed E-state index contributed by atoms with van der Waals surface area (Å²) in [5.74, 6) is 0. The minimum absolute atomic E-state index is 0.0480. The first-order valence-corrected chi connectivity index (χ1v) is 5.77. The van der Waals surface area contributed by atoms with Crippen LogP contribution in [0.2, 0.25) is 0 Å². The predicted molar refractivity (Wildman–Crippen MR) is 68.4 cm³/mol. The summed E-state index contributed by atoms with van der Waals surface area (Å²) in [5, 5.41) is 3.11. The van der Waals surface area contributed by atoms with Gasteiger partial charge in [-0.25, -0.2) is 4.68 Å². The molecule has 0 saturated heterocycles. The monoisotopic (exact) mass is 231 g/mol. The van der Waals surface area contributed by atoms with Crippen molar-refractivity contribution in [1.82, 2.24) is 9.78 Å². The predicted octanol–water partition coefficient (Wildman–Crippen LogP) is 1.50. The quantitative estimate of drug-likeness (QED) is 0.840. The molecule has 0 amide bonds. The lowest BCUT2D eigenvalue weighted by Gasteiger charge is -2.01. The molecule has 0 unspecified atom stereocenters. The second-order valence-corrected chi connectivity index (χ2v) is 4.10. The maximum absolute atomic E-state index is 12.1. The molecule has 0 aliphatic rings. The number of rotatable bonds is 3. The van der Waals surface area contributed by atoms with Gasteiger partial charge in [0, 0.05) is 12.2 Å². The standard InChI is InChI=1S/C13H17N3O/c1-3-12-11(8-14)13(17)16(15-12)10-6-4-9(2)5-7-10/h4-7,15H,3,8,14H2,1-2H3. The van der Waals surface area contributed by atoms with Crippen LogP contribution in [0.25, 0.3) is 5.69 Å². The van der Waals surface area contributed by atoms with Crippen molar-refractivity contribution in [3.8, 4) is 5.69 Å². The van der Waals surface area contributed by atoms with Crippen LogP contribution in [0, 0.1) is 6.92 Å². The molecular formula is C13H17N3O. The van der Waals surface area contributed by atoms with Crippen LogP contribution in [0.15, 0.2) is 29.1 Å². The van der Waals surface area contributed by atoms with Crippen LogP contribution in [0.4, 0.5) is 0 Å². The van der Waals surface area contributed by atoms with Gasteiger partial charge < -0.3 is 5.73 Å². The van der Waals surface area contributed by atoms with Gasteiger partial charge >= 0.3 is 0 Å². The van der Waals surface area contributed by atoms with Crippen molar-refractivity contribution in [2.45, 2.75) is 26.8 Å². The molecule has 17 heavy (non-hydrogen) atoms. The van der Waals surface area contributed by atoms with Crippen molar-refractivity contribution in [2.24, 2.45) is 5.73 Å². The number of hydrogen-bond acceptors (Lipinski definition) is 2. The third-order valence-corrected chi connectivity index (χ3v) is 2.92. The highest BCUT2D eigenvalue weighted by molar-refractivity contribution is 5.35. The summed E-state index contributed by atoms with van der Waals surface area (Å²) in [6.07, 6.45) is 0.778. The molecule has 4 heteroatoms. The van der Waals surface area contributed by atoms with Crippen molar-refractivity contribution in [3.05, 3.63) is 51.4 Å². The second-order valence-electron chi connectivity index (χ2n) is 4.10. The molecule has 0 saturated carbocycles. The zero-order chi connectivity index (χ0) is 12.4. The number of nitrogens with two attached hydrogens (primary N) is 1. The first kappa shape index (κ1) is 11.7. The fourth-order valence-corrected chi connectivity index (χ4v) is 1.90. The van der Waals surface area contributed by atoms with Gasteiger partial charge in [-0.2, -0.15) is 0 Å². The van der Waals surface area contributed by atoms with Gasteiger partial charge in [-0.3, -0.25) is 9.89 Å². The summed E-state index contributed by atoms with van der Waals surface area (Å²) >= 11 is 0. The van der Waals surface area contributed by atoms with Crippen molar-refractivity contribution in [3.63, 3.8) is 0 Å². The van der Waals surface area contributed by atoms with E-state index in [-0.39, 0.29) is 12.1 Å². The van der Waals surface area contributed by atoms with Gasteiger partial charge in [0.1, 0.15) is 0 Å². The van der Waals surface area contributed by atoms with Gasteiger partial charge in [-0.1, -0.05) is 24.6 Å². The van der Waals surface area contributed by atoms with Crippen LogP contribution < -0.4 is 11.3 Å².